The van der Waals surface area contributed by atoms with Crippen LogP contribution in [0.15, 0.2) is 51.9 Å². The van der Waals surface area contributed by atoms with Crippen molar-refractivity contribution in [3.05, 3.63) is 64.3 Å². The first-order chi connectivity index (χ1) is 9.61. The Morgan fingerprint density at radius 3 is 2.39 bits per heavy atom. The van der Waals surface area contributed by atoms with E-state index in [4.69, 9.17) is 4.42 Å². The summed E-state index contributed by atoms with van der Waals surface area (Å²) in [5.74, 6) is -0.920. The fourth-order valence-electron chi connectivity index (χ4n) is 2.22. The largest absolute Gasteiger partial charge is 0.506 e. The van der Waals surface area contributed by atoms with Crippen molar-refractivity contribution in [1.82, 2.24) is 4.57 Å². The average Bonchev–Trinajstić information content (AvgIpc) is 2.99. The molecule has 23 heavy (non-hydrogen) atoms. The van der Waals surface area contributed by atoms with Crippen LogP contribution in [0.1, 0.15) is 16.1 Å². The Hall–Kier alpha value is -1.32. The zero-order valence-electron chi connectivity index (χ0n) is 12.0. The molecule has 0 aliphatic rings. The van der Waals surface area contributed by atoms with E-state index in [1.165, 1.54) is 16.9 Å². The fourth-order valence-corrected chi connectivity index (χ4v) is 2.22. The van der Waals surface area contributed by atoms with Gasteiger partial charge < -0.3 is 25.0 Å². The second-order valence-electron chi connectivity index (χ2n) is 4.41. The molecule has 0 aliphatic heterocycles. The van der Waals surface area contributed by atoms with E-state index in [0.717, 1.165) is 0 Å². The summed E-state index contributed by atoms with van der Waals surface area (Å²) in [6.07, 6.45) is 1.34. The van der Waals surface area contributed by atoms with Crippen molar-refractivity contribution in [3.8, 4) is 5.75 Å². The Labute approximate surface area is 171 Å². The number of pyridine rings is 1. The maximum atomic E-state index is 12.3. The Balaban J connectivity index is 0.00000161. The van der Waals surface area contributed by atoms with Crippen LogP contribution in [0.25, 0.3) is 10.9 Å². The van der Waals surface area contributed by atoms with Gasteiger partial charge in [-0.15, -0.1) is 0 Å². The topological polar surface area (TPSA) is 135 Å². The fraction of sp³-hybridized carbons (Fsp3) is 0.0667. The third kappa shape index (κ3) is 3.62. The maximum absolute atomic E-state index is 12.3. The molecule has 1 aromatic carbocycles. The molecule has 0 aliphatic carbocycles. The summed E-state index contributed by atoms with van der Waals surface area (Å²) in [5.41, 5.74) is -0.269. The summed E-state index contributed by atoms with van der Waals surface area (Å²) in [6, 6.07) is 9.86. The summed E-state index contributed by atoms with van der Waals surface area (Å²) >= 11 is 0. The summed E-state index contributed by atoms with van der Waals surface area (Å²) in [4.78, 5) is 24.6. The third-order valence-corrected chi connectivity index (χ3v) is 3.25. The normalized spacial score (nSPS) is 9.43. The molecule has 7 nitrogen and oxygen atoms in total. The third-order valence-electron chi connectivity index (χ3n) is 3.25. The van der Waals surface area contributed by atoms with Crippen molar-refractivity contribution in [2.45, 2.75) is 0 Å². The van der Waals surface area contributed by atoms with Gasteiger partial charge in [-0.3, -0.25) is 9.59 Å². The van der Waals surface area contributed by atoms with Gasteiger partial charge in [-0.2, -0.15) is 0 Å². The molecule has 0 spiro atoms. The number of benzene rings is 1. The van der Waals surface area contributed by atoms with Gasteiger partial charge in [0.2, 0.25) is 5.78 Å². The predicted molar refractivity (Wildman–Crippen MR) is 80.2 cm³/mol. The molecule has 2 heterocycles. The molecule has 123 valence electrons. The van der Waals surface area contributed by atoms with Crippen molar-refractivity contribution < 1.29 is 74.6 Å². The number of nitrogens with zero attached hydrogens (tertiary/aromatic N) is 1. The minimum absolute atomic E-state index is 0. The van der Waals surface area contributed by atoms with Crippen LogP contribution in [0.5, 0.6) is 5.75 Å². The van der Waals surface area contributed by atoms with Crippen molar-refractivity contribution in [1.29, 1.82) is 0 Å². The number of aromatic nitrogens is 1. The minimum atomic E-state index is -0.626. The second kappa shape index (κ2) is 8.51. The SMILES string of the molecule is Cn1c(=O)c(C(=O)c2ccco2)c(O)c2ccccc21.O.O.[Eu]. The molecule has 5 N–H and O–H groups in total. The second-order valence-corrected chi connectivity index (χ2v) is 4.41. The van der Waals surface area contributed by atoms with Crippen LogP contribution in [0.4, 0.5) is 0 Å². The standard InChI is InChI=1S/C15H11NO4.Eu.2H2O/c1-16-10-6-3-2-5-9(10)13(17)12(15(16)19)14(18)11-7-4-8-20-11;;;/h2-8,17H,1H3;;2*1H2. The van der Waals surface area contributed by atoms with Crippen LogP contribution < -0.4 is 5.56 Å². The number of aromatic hydroxyl groups is 1. The number of carbonyl (C=O) groups is 1. The maximum Gasteiger partial charge on any atom is 0.265 e. The van der Waals surface area contributed by atoms with Gasteiger partial charge in [0.1, 0.15) is 11.3 Å². The monoisotopic (exact) mass is 458 g/mol. The van der Waals surface area contributed by atoms with E-state index in [-0.39, 0.29) is 77.4 Å². The summed E-state index contributed by atoms with van der Waals surface area (Å²) in [6.45, 7) is 0. The Kier molecular flexibility index (Phi) is 8.03. The van der Waals surface area contributed by atoms with Crippen LogP contribution in [-0.2, 0) is 7.05 Å². The zero-order chi connectivity index (χ0) is 14.3. The molecule has 1 radical (unpaired) electrons. The Morgan fingerprint density at radius 1 is 1.13 bits per heavy atom. The molecular weight excluding hydrogens is 442 g/mol. The molecule has 0 amide bonds. The van der Waals surface area contributed by atoms with Crippen molar-refractivity contribution in [3.63, 3.8) is 0 Å². The molecule has 0 fully saturated rings. The van der Waals surface area contributed by atoms with Crippen LogP contribution in [0.3, 0.4) is 0 Å². The van der Waals surface area contributed by atoms with Crippen LogP contribution in [0, 0.1) is 49.4 Å². The van der Waals surface area contributed by atoms with Crippen LogP contribution >= 0.6 is 0 Å². The van der Waals surface area contributed by atoms with Gasteiger partial charge in [0.15, 0.2) is 5.76 Å². The number of furan rings is 1. The van der Waals surface area contributed by atoms with E-state index in [1.54, 1.807) is 37.4 Å². The van der Waals surface area contributed by atoms with Gasteiger partial charge in [-0.05, 0) is 24.3 Å². The van der Waals surface area contributed by atoms with E-state index in [0.29, 0.717) is 10.9 Å². The summed E-state index contributed by atoms with van der Waals surface area (Å²) < 4.78 is 6.34. The smallest absolute Gasteiger partial charge is 0.265 e. The number of ketones is 1. The first-order valence-electron chi connectivity index (χ1n) is 6.00. The molecule has 0 bridgehead atoms. The van der Waals surface area contributed by atoms with E-state index in [2.05, 4.69) is 0 Å². The van der Waals surface area contributed by atoms with E-state index in [1.807, 2.05) is 0 Å². The number of para-hydroxylation sites is 1. The van der Waals surface area contributed by atoms with Gasteiger partial charge in [0, 0.05) is 61.8 Å². The van der Waals surface area contributed by atoms with Gasteiger partial charge in [-0.1, -0.05) is 12.1 Å². The Bertz CT molecular complexity index is 870. The van der Waals surface area contributed by atoms with Gasteiger partial charge in [0.25, 0.3) is 5.56 Å². The molecule has 3 aromatic rings. The number of rotatable bonds is 2. The number of hydrogen-bond acceptors (Lipinski definition) is 4. The van der Waals surface area contributed by atoms with Crippen LogP contribution in [-0.4, -0.2) is 26.4 Å². The molecule has 2 aromatic heterocycles. The Morgan fingerprint density at radius 2 is 1.78 bits per heavy atom. The predicted octanol–water partition coefficient (Wildman–Crippen LogP) is 0.419. The van der Waals surface area contributed by atoms with Crippen molar-refractivity contribution in [2.24, 2.45) is 7.05 Å². The molecule has 8 heteroatoms. The molecule has 0 saturated carbocycles. The van der Waals surface area contributed by atoms with Gasteiger partial charge in [0.05, 0.1) is 11.8 Å². The number of fused-ring (bicyclic) bond motifs is 1. The number of hydrogen-bond donors (Lipinski definition) is 1. The first kappa shape index (κ1) is 21.7. The summed E-state index contributed by atoms with van der Waals surface area (Å²) in [5, 5.41) is 10.7. The summed E-state index contributed by atoms with van der Waals surface area (Å²) in [7, 11) is 1.56. The minimum Gasteiger partial charge on any atom is -0.506 e. The zero-order valence-corrected chi connectivity index (χ0v) is 14.5. The van der Waals surface area contributed by atoms with E-state index >= 15 is 0 Å². The average molecular weight is 457 g/mol. The van der Waals surface area contributed by atoms with Crippen molar-refractivity contribution in [2.75, 3.05) is 0 Å². The molecule has 0 saturated heterocycles. The molecule has 0 unspecified atom stereocenters. The quantitative estimate of drug-likeness (QED) is 0.558. The van der Waals surface area contributed by atoms with Crippen molar-refractivity contribution >= 4 is 16.7 Å². The number of carbonyl (C=O) groups excluding carboxylic acids is 1. The van der Waals surface area contributed by atoms with Gasteiger partial charge in [-0.25, -0.2) is 0 Å². The molecule has 0 atom stereocenters. The number of aryl methyl sites for hydroxylation is 1. The van der Waals surface area contributed by atoms with E-state index < -0.39 is 11.3 Å². The molecule has 3 rings (SSSR count). The van der Waals surface area contributed by atoms with Crippen LogP contribution in [0.2, 0.25) is 0 Å². The molecular formula is C15H15EuNO6. The first-order valence-corrected chi connectivity index (χ1v) is 6.00. The van der Waals surface area contributed by atoms with Gasteiger partial charge >= 0.3 is 0 Å². The van der Waals surface area contributed by atoms with E-state index in [9.17, 15) is 14.7 Å².